The summed E-state index contributed by atoms with van der Waals surface area (Å²) in [6.07, 6.45) is 13.0. The largest absolute Gasteiger partial charge is 4.00 e. The van der Waals surface area contributed by atoms with Crippen LogP contribution in [-0.4, -0.2) is 147 Å². The first-order valence-electron chi connectivity index (χ1n) is 26.7. The van der Waals surface area contributed by atoms with Gasteiger partial charge >= 0.3 is 43.4 Å². The molecule has 4 aliphatic carbocycles. The number of rotatable bonds is 4. The molecule has 4 fully saturated rings. The quantitative estimate of drug-likeness (QED) is 0.161. The van der Waals surface area contributed by atoms with Crippen LogP contribution < -0.4 is 4.98 Å². The van der Waals surface area contributed by atoms with Crippen LogP contribution in [0, 0.1) is 43.9 Å². The number of aryl methyl sites for hydroxylation is 1. The Bertz CT molecular complexity index is 1840. The first-order valence-corrected chi connectivity index (χ1v) is 32.5. The molecule has 3 aromatic rings. The Kier molecular flexibility index (Phi) is 42.9. The summed E-state index contributed by atoms with van der Waals surface area (Å²) in [5, 5.41) is 25.9. The van der Waals surface area contributed by atoms with Crippen molar-refractivity contribution in [2.24, 2.45) is 29.6 Å². The van der Waals surface area contributed by atoms with Crippen LogP contribution in [0.4, 0.5) is 0 Å². The maximum Gasteiger partial charge on any atom is 4.00 e. The van der Waals surface area contributed by atoms with Crippen LogP contribution in [0.25, 0.3) is 64.4 Å². The molecule has 422 valence electrons. The predicted molar refractivity (Wildman–Crippen MR) is 334 cm³/mol. The molecule has 0 bridgehead atoms. The number of nitrogens with zero attached hydrogens (tertiary/aromatic N) is 10. The van der Waals surface area contributed by atoms with Crippen molar-refractivity contribution in [3.8, 4) is 11.3 Å². The fourth-order valence-electron chi connectivity index (χ4n) is 12.3. The van der Waals surface area contributed by atoms with Crippen molar-refractivity contribution >= 4 is 27.7 Å². The third-order valence-corrected chi connectivity index (χ3v) is 19.2. The summed E-state index contributed by atoms with van der Waals surface area (Å²) >= 11 is 0. The van der Waals surface area contributed by atoms with Crippen molar-refractivity contribution < 1.29 is 43.4 Å². The molecule has 1 N–H and O–H groups in total. The fourth-order valence-corrected chi connectivity index (χ4v) is 19.9. The van der Waals surface area contributed by atoms with Crippen LogP contribution >= 0.6 is 0 Å². The monoisotopic (exact) mass is 1130 g/mol. The Morgan fingerprint density at radius 2 is 1.09 bits per heavy atom. The van der Waals surface area contributed by atoms with Gasteiger partial charge in [0.1, 0.15) is 0 Å². The smallest absolute Gasteiger partial charge is 0.668 e. The van der Waals surface area contributed by atoms with Crippen LogP contribution in [0.1, 0.15) is 117 Å². The van der Waals surface area contributed by atoms with Crippen molar-refractivity contribution in [1.82, 2.24) is 13.8 Å². The van der Waals surface area contributed by atoms with Gasteiger partial charge in [0.15, 0.2) is 0 Å². The molecule has 0 radical (unpaired) electrons. The van der Waals surface area contributed by atoms with Crippen LogP contribution in [0.5, 0.6) is 0 Å². The molecule has 7 unspecified atom stereocenters. The minimum Gasteiger partial charge on any atom is -0.668 e. The van der Waals surface area contributed by atoms with E-state index in [1.54, 1.807) is 105 Å². The van der Waals surface area contributed by atoms with E-state index in [-0.39, 0.29) is 61.9 Å². The number of benzene rings is 2. The summed E-state index contributed by atoms with van der Waals surface area (Å²) in [4.78, 5) is 9.46. The van der Waals surface area contributed by atoms with Gasteiger partial charge in [-0.05, 0) is 126 Å². The minimum atomic E-state index is -1.90. The van der Waals surface area contributed by atoms with Crippen molar-refractivity contribution in [3.63, 3.8) is 0 Å². The molecule has 1 aromatic heterocycles. The van der Waals surface area contributed by atoms with Crippen LogP contribution in [-0.2, 0) is 49.9 Å². The molecule has 5 aliphatic rings. The fraction of sp³-hybridized carbons (Fsp3) is 0.746. The Morgan fingerprint density at radius 3 is 1.58 bits per heavy atom. The molecule has 74 heavy (non-hydrogen) atoms. The summed E-state index contributed by atoms with van der Waals surface area (Å²) in [5.41, 5.74) is 8.77. The molecule has 0 spiro atoms. The van der Waals surface area contributed by atoms with Gasteiger partial charge in [-0.25, -0.2) is 0 Å². The van der Waals surface area contributed by atoms with E-state index in [2.05, 4.69) is 175 Å². The predicted octanol–water partition coefficient (Wildman–Crippen LogP) is 16.4. The molecule has 7 atom stereocenters. The van der Waals surface area contributed by atoms with E-state index >= 15 is 0 Å². The van der Waals surface area contributed by atoms with E-state index in [1.165, 1.54) is 83.8 Å². The molecule has 2 heterocycles. The molecule has 15 heteroatoms. The molecule has 3 saturated carbocycles. The van der Waals surface area contributed by atoms with Gasteiger partial charge in [0, 0.05) is 54.6 Å². The standard InChI is InChI=1S/C22H41N2Si.C22H28N2Si.7C2H6N.CH3.2Ti/c2*1-15-11-12-20-18(13-15)19-14-16-9-7-8-10-17(16)21(19)24(20)25(5,6)23-22(2,3)4;7*1-3-2;;;/h15-21H,7-14H2,1-6H3;7-13,23H,14H2,1-6H3;7*1-2H3;1H3;;/q-1;;8*-1;2*+4. The molecule has 8 rings (SSSR count). The van der Waals surface area contributed by atoms with Gasteiger partial charge in [-0.1, -0.05) is 95.9 Å². The van der Waals surface area contributed by atoms with Gasteiger partial charge in [-0.3, -0.25) is 0 Å². The van der Waals surface area contributed by atoms with E-state index in [4.69, 9.17) is 4.98 Å². The van der Waals surface area contributed by atoms with Crippen LogP contribution in [0.3, 0.4) is 0 Å². The van der Waals surface area contributed by atoms with Crippen molar-refractivity contribution in [2.45, 2.75) is 163 Å². The normalized spacial score (nSPS) is 21.7. The van der Waals surface area contributed by atoms with E-state index in [0.29, 0.717) is 0 Å². The van der Waals surface area contributed by atoms with Gasteiger partial charge in [-0.2, -0.15) is 98.7 Å². The van der Waals surface area contributed by atoms with Gasteiger partial charge in [-0.15, -0.1) is 5.54 Å². The molecule has 11 nitrogen and oxygen atoms in total. The number of nitrogens with one attached hydrogen (secondary N) is 1. The van der Waals surface area contributed by atoms with Crippen molar-refractivity contribution in [2.75, 3.05) is 98.7 Å². The summed E-state index contributed by atoms with van der Waals surface area (Å²) in [5.74, 6) is 4.99. The zero-order valence-corrected chi connectivity index (χ0v) is 58.0. The summed E-state index contributed by atoms with van der Waals surface area (Å²) < 4.78 is 5.78. The zero-order chi connectivity index (χ0) is 54.9. The van der Waals surface area contributed by atoms with E-state index < -0.39 is 16.8 Å². The maximum absolute atomic E-state index is 5.50. The molecule has 2 aromatic carbocycles. The van der Waals surface area contributed by atoms with Gasteiger partial charge < -0.3 is 63.4 Å². The SMILES string of the molecule is CC1CCC2C(C1)C1CC3CCCCC3C1N2[Si](C)(C)[N-]C(C)(C)C.C[N-]C.C[N-]C.C[N-]C.C[N-]C.C[N-]C.C[N-]C.C[N-]C.Cc1ccc2c(c1)c1c(n2[Si](C)(C)NC(C)(C)C)-c2ccccc2C1.[CH3-].[Ti+4].[Ti+4]. The number of hydrogen-bond acceptors (Lipinski definition) is 2. The topological polar surface area (TPSA) is 133 Å². The van der Waals surface area contributed by atoms with E-state index in [9.17, 15) is 0 Å². The second-order valence-corrected chi connectivity index (χ2v) is 31.1. The number of hydrogen-bond donors (Lipinski definition) is 1. The number of fused-ring (bicyclic) bond motifs is 10. The van der Waals surface area contributed by atoms with Crippen molar-refractivity contribution in [1.29, 1.82) is 0 Å². The Balaban J connectivity index is -0.000000469. The average Bonchev–Trinajstić information content (AvgIpc) is 3.98. The molecule has 0 amide bonds. The van der Waals surface area contributed by atoms with Crippen molar-refractivity contribution in [3.05, 3.63) is 109 Å². The third kappa shape index (κ3) is 24.8. The molecule has 1 saturated heterocycles. The third-order valence-electron chi connectivity index (χ3n) is 13.1. The second kappa shape index (κ2) is 39.8. The number of aromatic nitrogens is 1. The van der Waals surface area contributed by atoms with Crippen LogP contribution in [0.2, 0.25) is 26.2 Å². The Hall–Kier alpha value is -0.558. The van der Waals surface area contributed by atoms with E-state index in [0.717, 1.165) is 48.1 Å². The van der Waals surface area contributed by atoms with E-state index in [1.807, 2.05) is 0 Å². The molecule has 1 aliphatic heterocycles. The molecular formula is C59H114N11Si2Ti2-. The zero-order valence-electron chi connectivity index (χ0n) is 52.9. The summed E-state index contributed by atoms with van der Waals surface area (Å²) in [6.45, 7) is 28.4. The van der Waals surface area contributed by atoms with Crippen LogP contribution in [0.15, 0.2) is 42.5 Å². The summed E-state index contributed by atoms with van der Waals surface area (Å²) in [6, 6.07) is 17.6. The van der Waals surface area contributed by atoms with Gasteiger partial charge in [0.25, 0.3) is 0 Å². The first-order chi connectivity index (χ1) is 33.2. The second-order valence-electron chi connectivity index (χ2n) is 23.5. The maximum atomic E-state index is 5.50. The first kappa shape index (κ1) is 79.9. The Labute approximate surface area is 492 Å². The van der Waals surface area contributed by atoms with Gasteiger partial charge in [0.05, 0.1) is 0 Å². The molecular weight excluding hydrogens is 1010 g/mol. The van der Waals surface area contributed by atoms with Gasteiger partial charge in [0.2, 0.25) is 8.40 Å². The minimum absolute atomic E-state index is 0. The Morgan fingerprint density at radius 1 is 0.608 bits per heavy atom. The summed E-state index contributed by atoms with van der Waals surface area (Å²) in [7, 11) is 20.9. The average molecular weight is 1130 g/mol.